The summed E-state index contributed by atoms with van der Waals surface area (Å²) in [6, 6.07) is 13.5. The number of carbonyl (C=O) groups is 2. The number of amides is 1. The van der Waals surface area contributed by atoms with Gasteiger partial charge in [-0.15, -0.1) is 0 Å². The maximum absolute atomic E-state index is 12.1. The zero-order valence-electron chi connectivity index (χ0n) is 16.1. The molecule has 0 bridgehead atoms. The van der Waals surface area contributed by atoms with Crippen molar-refractivity contribution in [2.75, 3.05) is 13.7 Å². The molecule has 2 heterocycles. The molecular weight excluding hydrogens is 368 g/mol. The average Bonchev–Trinajstić information content (AvgIpc) is 3.20. The SMILES string of the molecule is COC(=O)CCCNC(=O)/C=C/c1cn(-c2ccccc2)nc1-c1cccnc1. The molecule has 0 fully saturated rings. The highest BCUT2D eigenvalue weighted by atomic mass is 16.5. The van der Waals surface area contributed by atoms with E-state index in [4.69, 9.17) is 0 Å². The molecule has 2 aromatic heterocycles. The van der Waals surface area contributed by atoms with Gasteiger partial charge in [0.25, 0.3) is 0 Å². The highest BCUT2D eigenvalue weighted by Crippen LogP contribution is 2.24. The summed E-state index contributed by atoms with van der Waals surface area (Å²) in [4.78, 5) is 27.4. The number of benzene rings is 1. The Kier molecular flexibility index (Phi) is 6.89. The third-order valence-electron chi connectivity index (χ3n) is 4.20. The lowest BCUT2D eigenvalue weighted by Gasteiger charge is -2.01. The van der Waals surface area contributed by atoms with E-state index in [2.05, 4.69) is 20.1 Å². The van der Waals surface area contributed by atoms with Crippen LogP contribution in [0.25, 0.3) is 23.0 Å². The van der Waals surface area contributed by atoms with E-state index < -0.39 is 0 Å². The fourth-order valence-corrected chi connectivity index (χ4v) is 2.72. The van der Waals surface area contributed by atoms with Gasteiger partial charge in [0.05, 0.1) is 12.8 Å². The fraction of sp³-hybridized carbons (Fsp3) is 0.182. The molecule has 0 saturated heterocycles. The molecule has 3 aromatic rings. The second-order valence-corrected chi connectivity index (χ2v) is 6.26. The fourth-order valence-electron chi connectivity index (χ4n) is 2.72. The molecule has 1 aromatic carbocycles. The van der Waals surface area contributed by atoms with Gasteiger partial charge in [-0.3, -0.25) is 14.6 Å². The number of aromatic nitrogens is 3. The minimum absolute atomic E-state index is 0.237. The molecule has 1 amide bonds. The summed E-state index contributed by atoms with van der Waals surface area (Å²) in [7, 11) is 1.35. The lowest BCUT2D eigenvalue weighted by Crippen LogP contribution is -2.22. The maximum atomic E-state index is 12.1. The monoisotopic (exact) mass is 390 g/mol. The van der Waals surface area contributed by atoms with Crippen LogP contribution in [0.2, 0.25) is 0 Å². The van der Waals surface area contributed by atoms with Crippen molar-refractivity contribution in [3.05, 3.63) is 72.7 Å². The Morgan fingerprint density at radius 2 is 2.00 bits per heavy atom. The number of rotatable bonds is 8. The van der Waals surface area contributed by atoms with Crippen LogP contribution < -0.4 is 5.32 Å². The van der Waals surface area contributed by atoms with E-state index in [1.54, 1.807) is 23.2 Å². The van der Waals surface area contributed by atoms with Gasteiger partial charge in [-0.1, -0.05) is 18.2 Å². The quantitative estimate of drug-likeness (QED) is 0.363. The van der Waals surface area contributed by atoms with E-state index in [-0.39, 0.29) is 18.3 Å². The number of nitrogens with zero attached hydrogens (tertiary/aromatic N) is 3. The summed E-state index contributed by atoms with van der Waals surface area (Å²) < 4.78 is 6.35. The van der Waals surface area contributed by atoms with Gasteiger partial charge < -0.3 is 10.1 Å². The number of hydrogen-bond acceptors (Lipinski definition) is 5. The second kappa shape index (κ2) is 9.98. The molecule has 148 valence electrons. The van der Waals surface area contributed by atoms with E-state index >= 15 is 0 Å². The van der Waals surface area contributed by atoms with Gasteiger partial charge in [-0.25, -0.2) is 4.68 Å². The number of nitrogens with one attached hydrogen (secondary N) is 1. The molecule has 0 unspecified atom stereocenters. The zero-order valence-corrected chi connectivity index (χ0v) is 16.1. The Labute approximate surface area is 169 Å². The summed E-state index contributed by atoms with van der Waals surface area (Å²) >= 11 is 0. The molecule has 0 aliphatic heterocycles. The Morgan fingerprint density at radius 3 is 2.72 bits per heavy atom. The van der Waals surface area contributed by atoms with Gasteiger partial charge in [0.2, 0.25) is 5.91 Å². The minimum Gasteiger partial charge on any atom is -0.469 e. The number of methoxy groups -OCH3 is 1. The molecular formula is C22H22N4O3. The first-order valence-corrected chi connectivity index (χ1v) is 9.25. The van der Waals surface area contributed by atoms with Crippen LogP contribution in [-0.4, -0.2) is 40.3 Å². The van der Waals surface area contributed by atoms with Crippen LogP contribution in [0.4, 0.5) is 0 Å². The molecule has 7 heteroatoms. The molecule has 1 N–H and O–H groups in total. The smallest absolute Gasteiger partial charge is 0.305 e. The van der Waals surface area contributed by atoms with Gasteiger partial charge in [0.15, 0.2) is 0 Å². The van der Waals surface area contributed by atoms with Crippen LogP contribution in [0.15, 0.2) is 67.1 Å². The van der Waals surface area contributed by atoms with Crippen molar-refractivity contribution in [3.8, 4) is 16.9 Å². The van der Waals surface area contributed by atoms with E-state index in [0.29, 0.717) is 13.0 Å². The molecule has 0 radical (unpaired) electrons. The largest absolute Gasteiger partial charge is 0.469 e. The predicted molar refractivity (Wildman–Crippen MR) is 110 cm³/mol. The first-order chi connectivity index (χ1) is 14.2. The van der Waals surface area contributed by atoms with Crippen molar-refractivity contribution in [1.82, 2.24) is 20.1 Å². The number of para-hydroxylation sites is 1. The van der Waals surface area contributed by atoms with Gasteiger partial charge in [-0.05, 0) is 36.8 Å². The number of carbonyl (C=O) groups excluding carboxylic acids is 2. The predicted octanol–water partition coefficient (Wildman–Crippen LogP) is 3.02. The van der Waals surface area contributed by atoms with E-state index in [1.807, 2.05) is 48.7 Å². The van der Waals surface area contributed by atoms with Crippen LogP contribution in [0, 0.1) is 0 Å². The summed E-state index contributed by atoms with van der Waals surface area (Å²) in [5, 5.41) is 7.43. The van der Waals surface area contributed by atoms with Crippen LogP contribution in [0.1, 0.15) is 18.4 Å². The van der Waals surface area contributed by atoms with Crippen LogP contribution in [0.3, 0.4) is 0 Å². The van der Waals surface area contributed by atoms with Crippen molar-refractivity contribution in [3.63, 3.8) is 0 Å². The van der Waals surface area contributed by atoms with Crippen LogP contribution >= 0.6 is 0 Å². The van der Waals surface area contributed by atoms with Crippen molar-refractivity contribution in [2.24, 2.45) is 0 Å². The third-order valence-corrected chi connectivity index (χ3v) is 4.20. The van der Waals surface area contributed by atoms with Gasteiger partial charge >= 0.3 is 5.97 Å². The molecule has 3 rings (SSSR count). The number of pyridine rings is 1. The Hall–Kier alpha value is -3.74. The number of hydrogen-bond donors (Lipinski definition) is 1. The lowest BCUT2D eigenvalue weighted by molar-refractivity contribution is -0.140. The molecule has 0 aliphatic rings. The van der Waals surface area contributed by atoms with Crippen LogP contribution in [-0.2, 0) is 14.3 Å². The Balaban J connectivity index is 1.75. The molecule has 0 saturated carbocycles. The van der Waals surface area contributed by atoms with E-state index in [1.165, 1.54) is 13.2 Å². The Bertz CT molecular complexity index is 982. The van der Waals surface area contributed by atoms with Crippen molar-refractivity contribution in [1.29, 1.82) is 0 Å². The summed E-state index contributed by atoms with van der Waals surface area (Å²) in [5.74, 6) is -0.524. The molecule has 0 atom stereocenters. The lowest BCUT2D eigenvalue weighted by atomic mass is 10.1. The molecule has 0 spiro atoms. The number of esters is 1. The minimum atomic E-state index is -0.288. The topological polar surface area (TPSA) is 86.1 Å². The first kappa shape index (κ1) is 20.0. The maximum Gasteiger partial charge on any atom is 0.305 e. The van der Waals surface area contributed by atoms with Gasteiger partial charge in [0.1, 0.15) is 5.69 Å². The van der Waals surface area contributed by atoms with Crippen molar-refractivity contribution < 1.29 is 14.3 Å². The molecule has 0 aliphatic carbocycles. The average molecular weight is 390 g/mol. The summed E-state index contributed by atoms with van der Waals surface area (Å²) in [6.45, 7) is 0.400. The zero-order chi connectivity index (χ0) is 20.5. The van der Waals surface area contributed by atoms with Crippen LogP contribution in [0.5, 0.6) is 0 Å². The summed E-state index contributed by atoms with van der Waals surface area (Å²) in [5.41, 5.74) is 3.31. The van der Waals surface area contributed by atoms with E-state index in [0.717, 1.165) is 22.5 Å². The highest BCUT2D eigenvalue weighted by Gasteiger charge is 2.11. The third kappa shape index (κ3) is 5.62. The molecule has 7 nitrogen and oxygen atoms in total. The van der Waals surface area contributed by atoms with Gasteiger partial charge in [0, 0.05) is 48.8 Å². The van der Waals surface area contributed by atoms with Crippen molar-refractivity contribution in [2.45, 2.75) is 12.8 Å². The molecule has 29 heavy (non-hydrogen) atoms. The normalized spacial score (nSPS) is 10.8. The standard InChI is InChI=1S/C22H22N4O3/c1-29-21(28)10-6-14-24-20(27)12-11-18-16-26(19-8-3-2-4-9-19)25-22(18)17-7-5-13-23-15-17/h2-5,7-9,11-13,15-16H,6,10,14H2,1H3,(H,24,27)/b12-11+. The highest BCUT2D eigenvalue weighted by molar-refractivity contribution is 5.92. The summed E-state index contributed by atoms with van der Waals surface area (Å²) in [6.07, 6.45) is 9.30. The second-order valence-electron chi connectivity index (χ2n) is 6.26. The first-order valence-electron chi connectivity index (χ1n) is 9.25. The van der Waals surface area contributed by atoms with Crippen molar-refractivity contribution >= 4 is 18.0 Å². The number of ether oxygens (including phenoxy) is 1. The Morgan fingerprint density at radius 1 is 1.17 bits per heavy atom. The van der Waals surface area contributed by atoms with Gasteiger partial charge in [-0.2, -0.15) is 5.10 Å². The van der Waals surface area contributed by atoms with E-state index in [9.17, 15) is 9.59 Å².